The molecule has 0 saturated carbocycles. The van der Waals surface area contributed by atoms with E-state index in [-0.39, 0.29) is 11.8 Å². The van der Waals surface area contributed by atoms with Gasteiger partial charge < -0.3 is 9.47 Å². The summed E-state index contributed by atoms with van der Waals surface area (Å²) in [5.41, 5.74) is 3.26. The number of hydrogen-bond donors (Lipinski definition) is 0. The van der Waals surface area contributed by atoms with Gasteiger partial charge in [0.15, 0.2) is 0 Å². The van der Waals surface area contributed by atoms with Gasteiger partial charge in [0.05, 0.1) is 13.2 Å². The van der Waals surface area contributed by atoms with Crippen LogP contribution >= 0.6 is 15.9 Å². The molecule has 0 heterocycles. The summed E-state index contributed by atoms with van der Waals surface area (Å²) in [4.78, 5) is 24.2. The van der Waals surface area contributed by atoms with Gasteiger partial charge in [-0.1, -0.05) is 137 Å². The summed E-state index contributed by atoms with van der Waals surface area (Å²) in [6, 6.07) is 17.2. The van der Waals surface area contributed by atoms with E-state index in [4.69, 9.17) is 9.47 Å². The van der Waals surface area contributed by atoms with Gasteiger partial charge in [-0.3, -0.25) is 9.59 Å². The van der Waals surface area contributed by atoms with Crippen molar-refractivity contribution >= 4 is 39.8 Å². The molecule has 1 unspecified atom stereocenters. The number of benzene rings is 2. The second-order valence-corrected chi connectivity index (χ2v) is 14.5. The standard InChI is InChI=1S/C38H55BrO4/c1-6-7-17-32-18-20-33(21-19-32)22-23-34-24-26-35(27-25-34)42-28-15-13-11-9-8-10-12-14-16-29-43-36(41)38(5,39)30-37(3,4)31(2)40/h18-27H,6-17,28-30H2,1-5H3/b23-22+. The second-order valence-electron chi connectivity index (χ2n) is 12.7. The van der Waals surface area contributed by atoms with E-state index in [0.29, 0.717) is 13.0 Å². The quantitative estimate of drug-likeness (QED) is 0.0548. The summed E-state index contributed by atoms with van der Waals surface area (Å²) in [6.07, 6.45) is 18.7. The normalized spacial score (nSPS) is 13.2. The van der Waals surface area contributed by atoms with Gasteiger partial charge in [0.2, 0.25) is 0 Å². The van der Waals surface area contributed by atoms with Gasteiger partial charge in [0, 0.05) is 5.41 Å². The van der Waals surface area contributed by atoms with Crippen LogP contribution in [0.4, 0.5) is 0 Å². The molecule has 0 spiro atoms. The molecule has 2 aromatic carbocycles. The Morgan fingerprint density at radius 1 is 0.721 bits per heavy atom. The molecule has 0 amide bonds. The largest absolute Gasteiger partial charge is 0.494 e. The minimum Gasteiger partial charge on any atom is -0.494 e. The summed E-state index contributed by atoms with van der Waals surface area (Å²) in [7, 11) is 0. The van der Waals surface area contributed by atoms with Gasteiger partial charge in [-0.15, -0.1) is 0 Å². The van der Waals surface area contributed by atoms with Crippen LogP contribution in [0.25, 0.3) is 12.2 Å². The zero-order valence-electron chi connectivity index (χ0n) is 27.4. The van der Waals surface area contributed by atoms with Crippen LogP contribution < -0.4 is 4.74 Å². The number of carbonyl (C=O) groups excluding carboxylic acids is 2. The van der Waals surface area contributed by atoms with E-state index in [1.54, 1.807) is 13.8 Å². The van der Waals surface area contributed by atoms with Gasteiger partial charge in [-0.05, 0) is 74.8 Å². The average molecular weight is 656 g/mol. The molecule has 0 aliphatic rings. The number of unbranched alkanes of at least 4 members (excludes halogenated alkanes) is 9. The summed E-state index contributed by atoms with van der Waals surface area (Å²) >= 11 is 3.48. The van der Waals surface area contributed by atoms with E-state index in [9.17, 15) is 9.59 Å². The highest BCUT2D eigenvalue weighted by Crippen LogP contribution is 2.35. The minimum absolute atomic E-state index is 0.0733. The second kappa shape index (κ2) is 19.8. The molecular weight excluding hydrogens is 600 g/mol. The van der Waals surface area contributed by atoms with Gasteiger partial charge in [-0.25, -0.2) is 0 Å². The molecule has 5 heteroatoms. The predicted octanol–water partition coefficient (Wildman–Crippen LogP) is 10.8. The van der Waals surface area contributed by atoms with E-state index < -0.39 is 9.74 Å². The number of rotatable bonds is 22. The molecule has 0 aliphatic carbocycles. The van der Waals surface area contributed by atoms with E-state index in [1.807, 2.05) is 13.8 Å². The molecule has 0 bridgehead atoms. The molecule has 2 aromatic rings. The molecular formula is C38H55BrO4. The van der Waals surface area contributed by atoms with Crippen LogP contribution in [0.3, 0.4) is 0 Å². The maximum absolute atomic E-state index is 12.4. The number of esters is 1. The Balaban J connectivity index is 1.47. The van der Waals surface area contributed by atoms with Crippen molar-refractivity contribution in [1.29, 1.82) is 0 Å². The number of Topliss-reactive ketones (excluding diaryl/α,β-unsaturated/α-hetero) is 1. The van der Waals surface area contributed by atoms with Crippen molar-refractivity contribution < 1.29 is 19.1 Å². The van der Waals surface area contributed by atoms with Crippen LogP contribution in [0.5, 0.6) is 5.75 Å². The van der Waals surface area contributed by atoms with Crippen LogP contribution in [-0.4, -0.2) is 29.3 Å². The number of halogens is 1. The lowest BCUT2D eigenvalue weighted by Crippen LogP contribution is -2.38. The topological polar surface area (TPSA) is 52.6 Å². The van der Waals surface area contributed by atoms with Crippen LogP contribution in [0, 0.1) is 5.41 Å². The third kappa shape index (κ3) is 15.2. The molecule has 0 N–H and O–H groups in total. The SMILES string of the molecule is CCCCc1ccc(/C=C/c2ccc(OCCCCCCCCCCCOC(=O)C(C)(Br)CC(C)(C)C(C)=O)cc2)cc1. The Morgan fingerprint density at radius 3 is 1.72 bits per heavy atom. The third-order valence-electron chi connectivity index (χ3n) is 8.09. The van der Waals surface area contributed by atoms with Crippen LogP contribution in [0.2, 0.25) is 0 Å². The number of alkyl halides is 1. The molecule has 238 valence electrons. The highest BCUT2D eigenvalue weighted by Gasteiger charge is 2.39. The molecule has 0 aromatic heterocycles. The zero-order chi connectivity index (χ0) is 31.6. The molecule has 0 radical (unpaired) electrons. The molecule has 4 nitrogen and oxygen atoms in total. The van der Waals surface area contributed by atoms with Crippen molar-refractivity contribution in [2.75, 3.05) is 13.2 Å². The molecule has 0 fully saturated rings. The number of aryl methyl sites for hydroxylation is 1. The lowest BCUT2D eigenvalue weighted by Gasteiger charge is -2.30. The Bertz CT molecular complexity index is 1100. The molecule has 0 saturated heterocycles. The van der Waals surface area contributed by atoms with Crippen molar-refractivity contribution in [2.24, 2.45) is 5.41 Å². The number of hydrogen-bond acceptors (Lipinski definition) is 4. The number of ether oxygens (including phenoxy) is 2. The summed E-state index contributed by atoms with van der Waals surface area (Å²) in [6.45, 7) is 10.5. The maximum Gasteiger partial charge on any atom is 0.322 e. The lowest BCUT2D eigenvalue weighted by atomic mass is 9.80. The number of ketones is 1. The third-order valence-corrected chi connectivity index (χ3v) is 8.69. The molecule has 43 heavy (non-hydrogen) atoms. The van der Waals surface area contributed by atoms with Gasteiger partial charge in [-0.2, -0.15) is 0 Å². The fourth-order valence-corrected chi connectivity index (χ4v) is 5.83. The van der Waals surface area contributed by atoms with Crippen molar-refractivity contribution in [3.8, 4) is 5.75 Å². The first-order valence-corrected chi connectivity index (χ1v) is 17.2. The highest BCUT2D eigenvalue weighted by atomic mass is 79.9. The van der Waals surface area contributed by atoms with E-state index in [2.05, 4.69) is 83.5 Å². The first-order chi connectivity index (χ1) is 20.5. The monoisotopic (exact) mass is 654 g/mol. The van der Waals surface area contributed by atoms with E-state index in [1.165, 1.54) is 68.1 Å². The van der Waals surface area contributed by atoms with Crippen molar-refractivity contribution in [1.82, 2.24) is 0 Å². The smallest absolute Gasteiger partial charge is 0.322 e. The Hall–Kier alpha value is -2.40. The van der Waals surface area contributed by atoms with Crippen LogP contribution in [0.15, 0.2) is 48.5 Å². The van der Waals surface area contributed by atoms with Crippen LogP contribution in [-0.2, 0) is 20.7 Å². The van der Waals surface area contributed by atoms with Gasteiger partial charge in [0.1, 0.15) is 15.9 Å². The van der Waals surface area contributed by atoms with Crippen molar-refractivity contribution in [3.63, 3.8) is 0 Å². The Labute approximate surface area is 270 Å². The Kier molecular flexibility index (Phi) is 16.9. The fourth-order valence-electron chi connectivity index (χ4n) is 5.02. The van der Waals surface area contributed by atoms with Crippen molar-refractivity contribution in [3.05, 3.63) is 65.2 Å². The predicted molar refractivity (Wildman–Crippen MR) is 185 cm³/mol. The first kappa shape index (κ1) is 36.8. The summed E-state index contributed by atoms with van der Waals surface area (Å²) in [5, 5.41) is 0. The molecule has 2 rings (SSSR count). The zero-order valence-corrected chi connectivity index (χ0v) is 29.0. The van der Waals surface area contributed by atoms with Crippen molar-refractivity contribution in [2.45, 2.75) is 122 Å². The van der Waals surface area contributed by atoms with Gasteiger partial charge in [0.25, 0.3) is 0 Å². The van der Waals surface area contributed by atoms with E-state index >= 15 is 0 Å². The van der Waals surface area contributed by atoms with Crippen LogP contribution in [0.1, 0.15) is 128 Å². The Morgan fingerprint density at radius 2 is 1.21 bits per heavy atom. The number of carbonyl (C=O) groups is 2. The van der Waals surface area contributed by atoms with E-state index in [0.717, 1.165) is 38.0 Å². The van der Waals surface area contributed by atoms with Gasteiger partial charge >= 0.3 is 5.97 Å². The summed E-state index contributed by atoms with van der Waals surface area (Å²) < 4.78 is 10.6. The first-order valence-electron chi connectivity index (χ1n) is 16.4. The summed E-state index contributed by atoms with van der Waals surface area (Å²) in [5.74, 6) is 0.725. The molecule has 0 aliphatic heterocycles. The average Bonchev–Trinajstić information content (AvgIpc) is 2.97. The maximum atomic E-state index is 12.4. The lowest BCUT2D eigenvalue weighted by molar-refractivity contribution is -0.147. The molecule has 1 atom stereocenters. The minimum atomic E-state index is -0.837. The fraction of sp³-hybridized carbons (Fsp3) is 0.579. The highest BCUT2D eigenvalue weighted by molar-refractivity contribution is 9.10.